The number of nitrogens with one attached hydrogen (secondary N) is 2. The van der Waals surface area contributed by atoms with Crippen LogP contribution in [0.4, 0.5) is 0 Å². The number of phenolic OH excluding ortho intramolecular Hbond substituents is 1. The van der Waals surface area contributed by atoms with Crippen molar-refractivity contribution in [2.75, 3.05) is 7.11 Å². The maximum Gasteiger partial charge on any atom is 0.328 e. The van der Waals surface area contributed by atoms with Gasteiger partial charge in [0.05, 0.1) is 12.5 Å². The second-order valence-corrected chi connectivity index (χ2v) is 5.87. The number of esters is 1. The highest BCUT2D eigenvalue weighted by Gasteiger charge is 2.24. The Morgan fingerprint density at radius 2 is 1.81 bits per heavy atom. The Labute approximate surface area is 153 Å². The van der Waals surface area contributed by atoms with Crippen LogP contribution in [-0.2, 0) is 16.0 Å². The summed E-state index contributed by atoms with van der Waals surface area (Å²) in [4.78, 5) is 36.7. The number of carbonyl (C=O) groups excluding carboxylic acids is 2. The molecule has 3 rings (SSSR count). The number of phenols is 1. The van der Waals surface area contributed by atoms with Crippen LogP contribution in [0.1, 0.15) is 16.1 Å². The highest BCUT2D eigenvalue weighted by atomic mass is 16.5. The van der Waals surface area contributed by atoms with E-state index in [1.807, 2.05) is 0 Å². The van der Waals surface area contributed by atoms with Gasteiger partial charge in [0.1, 0.15) is 11.8 Å². The molecule has 1 heterocycles. The third-order valence-corrected chi connectivity index (χ3v) is 4.08. The molecule has 0 unspecified atom stereocenters. The largest absolute Gasteiger partial charge is 0.508 e. The maximum absolute atomic E-state index is 12.7. The molecule has 3 aromatic rings. The Morgan fingerprint density at radius 1 is 1.15 bits per heavy atom. The van der Waals surface area contributed by atoms with Gasteiger partial charge in [-0.05, 0) is 23.8 Å². The van der Waals surface area contributed by atoms with Crippen molar-refractivity contribution in [1.29, 1.82) is 0 Å². The molecule has 0 bridgehead atoms. The summed E-state index contributed by atoms with van der Waals surface area (Å²) in [6, 6.07) is 11.9. The van der Waals surface area contributed by atoms with E-state index in [-0.39, 0.29) is 17.9 Å². The van der Waals surface area contributed by atoms with E-state index in [0.717, 1.165) is 5.56 Å². The molecule has 8 heteroatoms. The summed E-state index contributed by atoms with van der Waals surface area (Å²) in [5.74, 6) is -1.14. The van der Waals surface area contributed by atoms with Gasteiger partial charge in [0, 0.05) is 11.8 Å². The van der Waals surface area contributed by atoms with Crippen LogP contribution >= 0.6 is 0 Å². The topological polar surface area (TPSA) is 121 Å². The summed E-state index contributed by atoms with van der Waals surface area (Å²) in [6.07, 6.45) is 0.167. The number of nitrogens with zero attached hydrogens (tertiary/aromatic N) is 1. The first-order chi connectivity index (χ1) is 13.0. The average molecular weight is 367 g/mol. The Balaban J connectivity index is 1.89. The minimum atomic E-state index is -0.959. The second kappa shape index (κ2) is 7.69. The summed E-state index contributed by atoms with van der Waals surface area (Å²) < 4.78 is 4.77. The lowest BCUT2D eigenvalue weighted by Crippen LogP contribution is -2.43. The molecule has 0 saturated carbocycles. The zero-order chi connectivity index (χ0) is 19.4. The summed E-state index contributed by atoms with van der Waals surface area (Å²) >= 11 is 0. The fourth-order valence-electron chi connectivity index (χ4n) is 2.72. The lowest BCUT2D eigenvalue weighted by molar-refractivity contribution is -0.142. The van der Waals surface area contributed by atoms with Crippen molar-refractivity contribution >= 4 is 22.6 Å². The van der Waals surface area contributed by atoms with Gasteiger partial charge in [-0.3, -0.25) is 9.59 Å². The minimum Gasteiger partial charge on any atom is -0.508 e. The molecule has 0 aliphatic heterocycles. The zero-order valence-corrected chi connectivity index (χ0v) is 14.4. The summed E-state index contributed by atoms with van der Waals surface area (Å²) in [6.45, 7) is 0. The molecule has 0 aliphatic carbocycles. The number of H-pyrrole nitrogens is 1. The van der Waals surface area contributed by atoms with Gasteiger partial charge in [-0.25, -0.2) is 9.89 Å². The smallest absolute Gasteiger partial charge is 0.328 e. The van der Waals surface area contributed by atoms with Gasteiger partial charge in [-0.1, -0.05) is 30.3 Å². The van der Waals surface area contributed by atoms with Crippen molar-refractivity contribution in [3.05, 3.63) is 70.1 Å². The van der Waals surface area contributed by atoms with E-state index in [0.29, 0.717) is 10.8 Å². The van der Waals surface area contributed by atoms with E-state index < -0.39 is 23.5 Å². The normalized spacial score (nSPS) is 11.7. The fraction of sp³-hybridized carbons (Fsp3) is 0.158. The number of methoxy groups -OCH3 is 1. The van der Waals surface area contributed by atoms with Crippen LogP contribution in [0.5, 0.6) is 5.75 Å². The number of aromatic amines is 1. The predicted molar refractivity (Wildman–Crippen MR) is 97.4 cm³/mol. The molecule has 138 valence electrons. The number of carbonyl (C=O) groups is 2. The van der Waals surface area contributed by atoms with Crippen LogP contribution in [-0.4, -0.2) is 40.3 Å². The highest BCUT2D eigenvalue weighted by molar-refractivity contribution is 6.05. The third-order valence-electron chi connectivity index (χ3n) is 4.08. The van der Waals surface area contributed by atoms with Gasteiger partial charge < -0.3 is 15.2 Å². The molecule has 0 spiro atoms. The van der Waals surface area contributed by atoms with Crippen LogP contribution in [0, 0.1) is 0 Å². The average Bonchev–Trinajstić information content (AvgIpc) is 2.69. The van der Waals surface area contributed by atoms with Crippen LogP contribution in [0.2, 0.25) is 0 Å². The molecule has 0 saturated heterocycles. The first-order valence-corrected chi connectivity index (χ1v) is 8.13. The lowest BCUT2D eigenvalue weighted by Gasteiger charge is -2.17. The van der Waals surface area contributed by atoms with Gasteiger partial charge in [-0.2, -0.15) is 5.10 Å². The Bertz CT molecular complexity index is 1040. The molecule has 0 radical (unpaired) electrons. The number of rotatable bonds is 5. The van der Waals surface area contributed by atoms with Gasteiger partial charge in [0.25, 0.3) is 11.5 Å². The molecular weight excluding hydrogens is 350 g/mol. The standard InChI is InChI=1S/C19H17N3O5/c1-27-19(26)15(10-11-6-8-12(23)9-7-11)20-18(25)16-13-4-2-3-5-14(13)17(24)22-21-16/h2-9,15,23H,10H2,1H3,(H,20,25)(H,22,24)/t15-/m1/s1. The van der Waals surface area contributed by atoms with E-state index >= 15 is 0 Å². The molecular formula is C19H17N3O5. The quantitative estimate of drug-likeness (QED) is 0.582. The first-order valence-electron chi connectivity index (χ1n) is 8.13. The monoisotopic (exact) mass is 367 g/mol. The van der Waals surface area contributed by atoms with Gasteiger partial charge in [-0.15, -0.1) is 0 Å². The van der Waals surface area contributed by atoms with Gasteiger partial charge in [0.15, 0.2) is 5.69 Å². The molecule has 0 fully saturated rings. The van der Waals surface area contributed by atoms with Crippen LogP contribution < -0.4 is 10.9 Å². The molecule has 1 aromatic heterocycles. The summed E-state index contributed by atoms with van der Waals surface area (Å²) in [5, 5.41) is 18.8. The number of hydrogen-bond acceptors (Lipinski definition) is 6. The van der Waals surface area contributed by atoms with Crippen molar-refractivity contribution in [3.63, 3.8) is 0 Å². The highest BCUT2D eigenvalue weighted by Crippen LogP contribution is 2.14. The van der Waals surface area contributed by atoms with Crippen molar-refractivity contribution in [2.24, 2.45) is 0 Å². The van der Waals surface area contributed by atoms with Crippen molar-refractivity contribution in [3.8, 4) is 5.75 Å². The number of amides is 1. The molecule has 0 aliphatic rings. The van der Waals surface area contributed by atoms with Crippen molar-refractivity contribution in [1.82, 2.24) is 15.5 Å². The van der Waals surface area contributed by atoms with E-state index in [2.05, 4.69) is 15.5 Å². The first kappa shape index (κ1) is 18.1. The summed E-state index contributed by atoms with van der Waals surface area (Å²) in [7, 11) is 1.23. The number of hydrogen-bond donors (Lipinski definition) is 3. The SMILES string of the molecule is COC(=O)[C@@H](Cc1ccc(O)cc1)NC(=O)c1n[nH]c(=O)c2ccccc12. The van der Waals surface area contributed by atoms with Gasteiger partial charge >= 0.3 is 5.97 Å². The number of aromatic hydroxyl groups is 1. The molecule has 1 amide bonds. The van der Waals surface area contributed by atoms with Crippen molar-refractivity contribution in [2.45, 2.75) is 12.5 Å². The van der Waals surface area contributed by atoms with E-state index in [9.17, 15) is 19.5 Å². The second-order valence-electron chi connectivity index (χ2n) is 5.87. The number of fused-ring (bicyclic) bond motifs is 1. The number of benzene rings is 2. The third kappa shape index (κ3) is 3.95. The maximum atomic E-state index is 12.7. The summed E-state index contributed by atoms with van der Waals surface area (Å²) in [5.41, 5.74) is 0.323. The van der Waals surface area contributed by atoms with Crippen LogP contribution in [0.15, 0.2) is 53.3 Å². The fourth-order valence-corrected chi connectivity index (χ4v) is 2.72. The van der Waals surface area contributed by atoms with Crippen molar-refractivity contribution < 1.29 is 19.4 Å². The Hall–Kier alpha value is -3.68. The molecule has 8 nitrogen and oxygen atoms in total. The van der Waals surface area contributed by atoms with E-state index in [1.54, 1.807) is 36.4 Å². The van der Waals surface area contributed by atoms with Crippen LogP contribution in [0.3, 0.4) is 0 Å². The van der Waals surface area contributed by atoms with E-state index in [4.69, 9.17) is 4.74 Å². The number of ether oxygens (including phenoxy) is 1. The minimum absolute atomic E-state index is 0.00445. The van der Waals surface area contributed by atoms with E-state index in [1.165, 1.54) is 19.2 Å². The zero-order valence-electron chi connectivity index (χ0n) is 14.4. The molecule has 2 aromatic carbocycles. The molecule has 3 N–H and O–H groups in total. The number of aromatic nitrogens is 2. The molecule has 1 atom stereocenters. The Kier molecular flexibility index (Phi) is 5.16. The Morgan fingerprint density at radius 3 is 2.48 bits per heavy atom. The molecule has 27 heavy (non-hydrogen) atoms. The van der Waals surface area contributed by atoms with Crippen LogP contribution in [0.25, 0.3) is 10.8 Å². The predicted octanol–water partition coefficient (Wildman–Crippen LogP) is 1.14. The van der Waals surface area contributed by atoms with Gasteiger partial charge in [0.2, 0.25) is 0 Å². The lowest BCUT2D eigenvalue weighted by atomic mass is 10.0.